The Kier molecular flexibility index (Phi) is 3.03. The molecule has 82 valence electrons. The van der Waals surface area contributed by atoms with Crippen LogP contribution >= 0.6 is 0 Å². The standard InChI is InChI=1S/C10H14N2O3/c11-12-10(13)7-4-9(14-5-7)6-15-8-2-1-3-8/h4-5,8H,1-3,6,11H2,(H,12,13). The van der Waals surface area contributed by atoms with Crippen molar-refractivity contribution < 1.29 is 13.9 Å². The van der Waals surface area contributed by atoms with Crippen molar-refractivity contribution in [3.8, 4) is 0 Å². The largest absolute Gasteiger partial charge is 0.466 e. The highest BCUT2D eigenvalue weighted by atomic mass is 16.5. The van der Waals surface area contributed by atoms with Crippen LogP contribution in [0.2, 0.25) is 0 Å². The van der Waals surface area contributed by atoms with Gasteiger partial charge in [0.25, 0.3) is 5.91 Å². The van der Waals surface area contributed by atoms with Crippen LogP contribution in [0.25, 0.3) is 0 Å². The number of furan rings is 1. The van der Waals surface area contributed by atoms with Crippen LogP contribution in [0, 0.1) is 0 Å². The summed E-state index contributed by atoms with van der Waals surface area (Å²) in [6.45, 7) is 0.419. The number of ether oxygens (including phenoxy) is 1. The summed E-state index contributed by atoms with van der Waals surface area (Å²) < 4.78 is 10.7. The molecular weight excluding hydrogens is 196 g/mol. The van der Waals surface area contributed by atoms with E-state index in [0.29, 0.717) is 24.0 Å². The minimum Gasteiger partial charge on any atom is -0.466 e. The number of nitrogen functional groups attached to an aromatic ring is 1. The molecular formula is C10H14N2O3. The quantitative estimate of drug-likeness (QED) is 0.440. The molecule has 1 fully saturated rings. The van der Waals surface area contributed by atoms with Crippen LogP contribution in [0.5, 0.6) is 0 Å². The van der Waals surface area contributed by atoms with Gasteiger partial charge >= 0.3 is 0 Å². The second kappa shape index (κ2) is 4.46. The average Bonchev–Trinajstić information content (AvgIpc) is 2.63. The van der Waals surface area contributed by atoms with Gasteiger partial charge in [0, 0.05) is 0 Å². The van der Waals surface area contributed by atoms with E-state index in [4.69, 9.17) is 15.0 Å². The normalized spacial score (nSPS) is 16.1. The summed E-state index contributed by atoms with van der Waals surface area (Å²) in [6.07, 6.45) is 5.22. The molecule has 1 aromatic heterocycles. The third-order valence-corrected chi connectivity index (χ3v) is 2.56. The zero-order valence-corrected chi connectivity index (χ0v) is 8.36. The Hall–Kier alpha value is -1.33. The van der Waals surface area contributed by atoms with E-state index in [1.807, 2.05) is 5.43 Å². The number of hydrogen-bond acceptors (Lipinski definition) is 4. The van der Waals surface area contributed by atoms with Crippen LogP contribution in [0.1, 0.15) is 35.4 Å². The lowest BCUT2D eigenvalue weighted by molar-refractivity contribution is -0.0157. The van der Waals surface area contributed by atoms with Crippen LogP contribution in [-0.2, 0) is 11.3 Å². The van der Waals surface area contributed by atoms with Gasteiger partial charge < -0.3 is 9.15 Å². The van der Waals surface area contributed by atoms with E-state index in [2.05, 4.69) is 0 Å². The van der Waals surface area contributed by atoms with Gasteiger partial charge in [0.05, 0.1) is 11.7 Å². The number of carbonyl (C=O) groups is 1. The van der Waals surface area contributed by atoms with Gasteiger partial charge in [0.2, 0.25) is 0 Å². The van der Waals surface area contributed by atoms with E-state index in [1.165, 1.54) is 12.7 Å². The molecule has 15 heavy (non-hydrogen) atoms. The number of amides is 1. The van der Waals surface area contributed by atoms with Gasteiger partial charge in [-0.05, 0) is 25.3 Å². The molecule has 1 aliphatic carbocycles. The topological polar surface area (TPSA) is 77.5 Å². The Balaban J connectivity index is 1.86. The summed E-state index contributed by atoms with van der Waals surface area (Å²) in [4.78, 5) is 11.1. The summed E-state index contributed by atoms with van der Waals surface area (Å²) in [7, 11) is 0. The second-order valence-electron chi connectivity index (χ2n) is 3.64. The Morgan fingerprint density at radius 1 is 1.67 bits per heavy atom. The van der Waals surface area contributed by atoms with Gasteiger partial charge in [0.1, 0.15) is 18.6 Å². The Labute approximate surface area is 87.5 Å². The highest BCUT2D eigenvalue weighted by Crippen LogP contribution is 2.23. The SMILES string of the molecule is NNC(=O)c1coc(COC2CCC2)c1. The molecule has 0 aromatic carbocycles. The summed E-state index contributed by atoms with van der Waals surface area (Å²) in [6, 6.07) is 1.64. The third-order valence-electron chi connectivity index (χ3n) is 2.56. The molecule has 1 saturated carbocycles. The molecule has 0 spiro atoms. The molecule has 1 aliphatic rings. The molecule has 0 bridgehead atoms. The van der Waals surface area contributed by atoms with E-state index >= 15 is 0 Å². The zero-order valence-electron chi connectivity index (χ0n) is 8.36. The van der Waals surface area contributed by atoms with Crippen molar-refractivity contribution >= 4 is 5.91 Å². The Bertz CT molecular complexity index is 344. The van der Waals surface area contributed by atoms with Crippen LogP contribution in [0.4, 0.5) is 0 Å². The van der Waals surface area contributed by atoms with E-state index in [1.54, 1.807) is 6.07 Å². The number of rotatable bonds is 4. The molecule has 1 aromatic rings. The lowest BCUT2D eigenvalue weighted by Gasteiger charge is -2.24. The summed E-state index contributed by atoms with van der Waals surface area (Å²) in [5.74, 6) is 5.29. The smallest absolute Gasteiger partial charge is 0.268 e. The van der Waals surface area contributed by atoms with Gasteiger partial charge in [-0.15, -0.1) is 0 Å². The summed E-state index contributed by atoms with van der Waals surface area (Å²) in [5.41, 5.74) is 2.46. The molecule has 5 heteroatoms. The van der Waals surface area contributed by atoms with Crippen molar-refractivity contribution in [3.05, 3.63) is 23.7 Å². The molecule has 3 N–H and O–H groups in total. The lowest BCUT2D eigenvalue weighted by atomic mass is 9.96. The maximum atomic E-state index is 11.1. The minimum atomic E-state index is -0.353. The summed E-state index contributed by atoms with van der Waals surface area (Å²) >= 11 is 0. The van der Waals surface area contributed by atoms with E-state index < -0.39 is 0 Å². The lowest BCUT2D eigenvalue weighted by Crippen LogP contribution is -2.29. The third kappa shape index (κ3) is 2.37. The predicted molar refractivity (Wildman–Crippen MR) is 52.8 cm³/mol. The molecule has 5 nitrogen and oxygen atoms in total. The molecule has 0 unspecified atom stereocenters. The first-order chi connectivity index (χ1) is 7.29. The predicted octanol–water partition coefficient (Wildman–Crippen LogP) is 0.952. The van der Waals surface area contributed by atoms with E-state index in [0.717, 1.165) is 12.8 Å². The first-order valence-electron chi connectivity index (χ1n) is 4.99. The molecule has 1 heterocycles. The average molecular weight is 210 g/mol. The van der Waals surface area contributed by atoms with Crippen molar-refractivity contribution in [2.75, 3.05) is 0 Å². The molecule has 1 amide bonds. The van der Waals surface area contributed by atoms with Gasteiger partial charge in [-0.25, -0.2) is 5.84 Å². The maximum Gasteiger partial charge on any atom is 0.268 e. The van der Waals surface area contributed by atoms with Crippen molar-refractivity contribution in [1.29, 1.82) is 0 Å². The van der Waals surface area contributed by atoms with Gasteiger partial charge in [-0.2, -0.15) is 0 Å². The van der Waals surface area contributed by atoms with Crippen LogP contribution in [0.3, 0.4) is 0 Å². The zero-order chi connectivity index (χ0) is 10.7. The van der Waals surface area contributed by atoms with Crippen LogP contribution in [0.15, 0.2) is 16.7 Å². The summed E-state index contributed by atoms with van der Waals surface area (Å²) in [5, 5.41) is 0. The molecule has 0 aliphatic heterocycles. The van der Waals surface area contributed by atoms with Crippen molar-refractivity contribution in [3.63, 3.8) is 0 Å². The van der Waals surface area contributed by atoms with Gasteiger partial charge in [-0.1, -0.05) is 0 Å². The Morgan fingerprint density at radius 3 is 3.07 bits per heavy atom. The van der Waals surface area contributed by atoms with Crippen LogP contribution in [-0.4, -0.2) is 12.0 Å². The fraction of sp³-hybridized carbons (Fsp3) is 0.500. The second-order valence-corrected chi connectivity index (χ2v) is 3.64. The minimum absolute atomic E-state index is 0.353. The van der Waals surface area contributed by atoms with Crippen LogP contribution < -0.4 is 11.3 Å². The van der Waals surface area contributed by atoms with Crippen molar-refractivity contribution in [2.45, 2.75) is 32.0 Å². The highest BCUT2D eigenvalue weighted by Gasteiger charge is 2.18. The Morgan fingerprint density at radius 2 is 2.47 bits per heavy atom. The van der Waals surface area contributed by atoms with E-state index in [9.17, 15) is 4.79 Å². The first-order valence-corrected chi connectivity index (χ1v) is 4.99. The number of carbonyl (C=O) groups excluding carboxylic acids is 1. The number of hydrazine groups is 1. The number of hydrogen-bond donors (Lipinski definition) is 2. The number of nitrogens with one attached hydrogen (secondary N) is 1. The highest BCUT2D eigenvalue weighted by molar-refractivity contribution is 5.93. The first kappa shape index (κ1) is 10.2. The maximum absolute atomic E-state index is 11.1. The van der Waals surface area contributed by atoms with Gasteiger partial charge in [0.15, 0.2) is 0 Å². The van der Waals surface area contributed by atoms with Crippen molar-refractivity contribution in [1.82, 2.24) is 5.43 Å². The fourth-order valence-electron chi connectivity index (χ4n) is 1.40. The van der Waals surface area contributed by atoms with Gasteiger partial charge in [-0.3, -0.25) is 10.2 Å². The monoisotopic (exact) mass is 210 g/mol. The fourth-order valence-corrected chi connectivity index (χ4v) is 1.40. The molecule has 2 rings (SSSR count). The van der Waals surface area contributed by atoms with E-state index in [-0.39, 0.29) is 5.91 Å². The number of nitrogens with two attached hydrogens (primary N) is 1. The van der Waals surface area contributed by atoms with Crippen molar-refractivity contribution in [2.24, 2.45) is 5.84 Å². The molecule has 0 radical (unpaired) electrons. The molecule has 0 saturated heterocycles. The molecule has 0 atom stereocenters.